The minimum atomic E-state index is -0.957. The Kier molecular flexibility index (Phi) is 6.20. The second kappa shape index (κ2) is 8.79. The lowest BCUT2D eigenvalue weighted by molar-refractivity contribution is 0.0621. The van der Waals surface area contributed by atoms with Crippen LogP contribution in [0.4, 0.5) is 0 Å². The van der Waals surface area contributed by atoms with E-state index in [0.717, 1.165) is 23.5 Å². The molecule has 0 fully saturated rings. The second-order valence-corrected chi connectivity index (χ2v) is 7.11. The highest BCUT2D eigenvalue weighted by Gasteiger charge is 2.23. The molecule has 0 radical (unpaired) electrons. The van der Waals surface area contributed by atoms with Crippen molar-refractivity contribution in [2.75, 3.05) is 13.1 Å². The van der Waals surface area contributed by atoms with Gasteiger partial charge in [-0.15, -0.1) is 0 Å². The van der Waals surface area contributed by atoms with Gasteiger partial charge in [0, 0.05) is 25.1 Å². The van der Waals surface area contributed by atoms with Crippen LogP contribution in [0.5, 0.6) is 0 Å². The number of nitrogens with one attached hydrogen (secondary N) is 2. The van der Waals surface area contributed by atoms with Crippen LogP contribution < -0.4 is 10.6 Å². The number of rotatable bonds is 7. The van der Waals surface area contributed by atoms with E-state index >= 15 is 0 Å². The van der Waals surface area contributed by atoms with Gasteiger partial charge in [-0.25, -0.2) is 15.0 Å². The standard InChI is InChI=1S/C19H24N6OS/c1-3-21-18(24-13-19(2,26)16-5-9-27-12-16)23-11-15-4-6-22-17(10-15)25-8-7-20-14-25/h4-10,12,14,26H,3,11,13H2,1-2H3,(H2,21,23,24). The summed E-state index contributed by atoms with van der Waals surface area (Å²) in [7, 11) is 0. The molecule has 0 aromatic carbocycles. The number of pyridine rings is 1. The number of aromatic nitrogens is 3. The van der Waals surface area contributed by atoms with Crippen LogP contribution in [-0.4, -0.2) is 38.7 Å². The number of hydrogen-bond donors (Lipinski definition) is 3. The van der Waals surface area contributed by atoms with Crippen LogP contribution in [0.3, 0.4) is 0 Å². The molecule has 0 saturated heterocycles. The van der Waals surface area contributed by atoms with E-state index in [2.05, 4.69) is 25.6 Å². The Labute approximate surface area is 162 Å². The lowest BCUT2D eigenvalue weighted by atomic mass is 9.99. The Hall–Kier alpha value is -2.71. The van der Waals surface area contributed by atoms with E-state index in [1.807, 2.05) is 46.6 Å². The molecular weight excluding hydrogens is 360 g/mol. The number of aliphatic imine (C=N–C) groups is 1. The molecule has 3 N–H and O–H groups in total. The van der Waals surface area contributed by atoms with Gasteiger partial charge in [0.1, 0.15) is 17.7 Å². The van der Waals surface area contributed by atoms with Crippen LogP contribution in [0.2, 0.25) is 0 Å². The molecule has 0 aliphatic rings. The van der Waals surface area contributed by atoms with Crippen molar-refractivity contribution in [2.45, 2.75) is 26.0 Å². The molecule has 3 rings (SSSR count). The molecule has 27 heavy (non-hydrogen) atoms. The number of guanidine groups is 1. The van der Waals surface area contributed by atoms with Crippen molar-refractivity contribution in [2.24, 2.45) is 4.99 Å². The zero-order chi connectivity index (χ0) is 19.1. The maximum atomic E-state index is 10.7. The Balaban J connectivity index is 1.66. The molecule has 0 aliphatic heterocycles. The van der Waals surface area contributed by atoms with Gasteiger partial charge in [-0.1, -0.05) is 0 Å². The first kappa shape index (κ1) is 19.1. The molecule has 3 aromatic rings. The number of imidazole rings is 1. The van der Waals surface area contributed by atoms with Crippen molar-refractivity contribution in [3.05, 3.63) is 65.0 Å². The minimum absolute atomic E-state index is 0.367. The highest BCUT2D eigenvalue weighted by molar-refractivity contribution is 7.08. The van der Waals surface area contributed by atoms with Crippen molar-refractivity contribution in [1.82, 2.24) is 25.2 Å². The zero-order valence-electron chi connectivity index (χ0n) is 15.5. The van der Waals surface area contributed by atoms with Gasteiger partial charge in [0.2, 0.25) is 0 Å². The van der Waals surface area contributed by atoms with Gasteiger partial charge in [0.25, 0.3) is 0 Å². The largest absolute Gasteiger partial charge is 0.384 e. The summed E-state index contributed by atoms with van der Waals surface area (Å²) in [5.41, 5.74) is 0.979. The summed E-state index contributed by atoms with van der Waals surface area (Å²) in [6, 6.07) is 5.86. The van der Waals surface area contributed by atoms with Gasteiger partial charge in [0.05, 0.1) is 13.1 Å². The first-order chi connectivity index (χ1) is 13.1. The van der Waals surface area contributed by atoms with Crippen LogP contribution in [-0.2, 0) is 12.1 Å². The topological polar surface area (TPSA) is 87.4 Å². The molecule has 0 bridgehead atoms. The van der Waals surface area contributed by atoms with E-state index in [1.165, 1.54) is 0 Å². The van der Waals surface area contributed by atoms with E-state index in [-0.39, 0.29) is 0 Å². The van der Waals surface area contributed by atoms with E-state index < -0.39 is 5.60 Å². The molecule has 142 valence electrons. The lowest BCUT2D eigenvalue weighted by Crippen LogP contribution is -2.44. The lowest BCUT2D eigenvalue weighted by Gasteiger charge is -2.24. The summed E-state index contributed by atoms with van der Waals surface area (Å²) in [6.07, 6.45) is 7.06. The Morgan fingerprint density at radius 1 is 1.33 bits per heavy atom. The van der Waals surface area contributed by atoms with Gasteiger partial charge >= 0.3 is 0 Å². The summed E-state index contributed by atoms with van der Waals surface area (Å²) in [4.78, 5) is 13.0. The maximum absolute atomic E-state index is 10.7. The summed E-state index contributed by atoms with van der Waals surface area (Å²) in [5.74, 6) is 1.47. The van der Waals surface area contributed by atoms with Crippen molar-refractivity contribution >= 4 is 17.3 Å². The van der Waals surface area contributed by atoms with E-state index in [4.69, 9.17) is 0 Å². The van der Waals surface area contributed by atoms with Crippen molar-refractivity contribution < 1.29 is 5.11 Å². The first-order valence-electron chi connectivity index (χ1n) is 8.79. The maximum Gasteiger partial charge on any atom is 0.191 e. The average Bonchev–Trinajstić information content (AvgIpc) is 3.38. The Morgan fingerprint density at radius 2 is 2.22 bits per heavy atom. The Bertz CT molecular complexity index is 858. The molecule has 0 amide bonds. The monoisotopic (exact) mass is 384 g/mol. The molecule has 0 aliphatic carbocycles. The fraction of sp³-hybridized carbons (Fsp3) is 0.316. The number of nitrogens with zero attached hydrogens (tertiary/aromatic N) is 4. The normalized spacial score (nSPS) is 14.0. The van der Waals surface area contributed by atoms with Gasteiger partial charge in [-0.05, 0) is 53.9 Å². The molecule has 0 saturated carbocycles. The highest BCUT2D eigenvalue weighted by atomic mass is 32.1. The van der Waals surface area contributed by atoms with E-state index in [9.17, 15) is 5.11 Å². The van der Waals surface area contributed by atoms with Crippen LogP contribution in [0.1, 0.15) is 25.0 Å². The number of thiophene rings is 1. The quantitative estimate of drug-likeness (QED) is 0.430. The third-order valence-electron chi connectivity index (χ3n) is 4.09. The summed E-state index contributed by atoms with van der Waals surface area (Å²) < 4.78 is 1.86. The molecular formula is C19H24N6OS. The number of aliphatic hydroxyl groups is 1. The van der Waals surface area contributed by atoms with Crippen LogP contribution in [0.15, 0.2) is 58.9 Å². The summed E-state index contributed by atoms with van der Waals surface area (Å²) >= 11 is 1.57. The average molecular weight is 385 g/mol. The van der Waals surface area contributed by atoms with Crippen molar-refractivity contribution in [1.29, 1.82) is 0 Å². The summed E-state index contributed by atoms with van der Waals surface area (Å²) in [6.45, 7) is 5.42. The number of hydrogen-bond acceptors (Lipinski definition) is 5. The second-order valence-electron chi connectivity index (χ2n) is 6.33. The highest BCUT2D eigenvalue weighted by Crippen LogP contribution is 2.21. The van der Waals surface area contributed by atoms with Gasteiger partial charge in [-0.2, -0.15) is 11.3 Å². The third-order valence-corrected chi connectivity index (χ3v) is 4.77. The van der Waals surface area contributed by atoms with Crippen LogP contribution in [0, 0.1) is 0 Å². The smallest absolute Gasteiger partial charge is 0.191 e. The van der Waals surface area contributed by atoms with Crippen LogP contribution in [0.25, 0.3) is 5.82 Å². The van der Waals surface area contributed by atoms with Crippen LogP contribution >= 0.6 is 11.3 Å². The predicted octanol–water partition coefficient (Wildman–Crippen LogP) is 2.29. The Morgan fingerprint density at radius 3 is 2.93 bits per heavy atom. The fourth-order valence-corrected chi connectivity index (χ4v) is 3.32. The molecule has 7 nitrogen and oxygen atoms in total. The SMILES string of the molecule is CCNC(=NCc1ccnc(-n2ccnc2)c1)NCC(C)(O)c1ccsc1. The van der Waals surface area contributed by atoms with Gasteiger partial charge < -0.3 is 15.7 Å². The molecule has 1 unspecified atom stereocenters. The molecule has 3 aromatic heterocycles. The van der Waals surface area contributed by atoms with Gasteiger partial charge in [-0.3, -0.25) is 4.57 Å². The molecule has 8 heteroatoms. The predicted molar refractivity (Wildman–Crippen MR) is 108 cm³/mol. The minimum Gasteiger partial charge on any atom is -0.384 e. The zero-order valence-corrected chi connectivity index (χ0v) is 16.3. The third kappa shape index (κ3) is 5.15. The summed E-state index contributed by atoms with van der Waals surface area (Å²) in [5, 5.41) is 21.0. The first-order valence-corrected chi connectivity index (χ1v) is 9.73. The molecule has 1 atom stereocenters. The molecule has 0 spiro atoms. The van der Waals surface area contributed by atoms with Crippen molar-refractivity contribution in [3.8, 4) is 5.82 Å². The van der Waals surface area contributed by atoms with E-state index in [1.54, 1.807) is 37.0 Å². The molecule has 3 heterocycles. The fourth-order valence-electron chi connectivity index (χ4n) is 2.54. The van der Waals surface area contributed by atoms with Crippen molar-refractivity contribution in [3.63, 3.8) is 0 Å². The van der Waals surface area contributed by atoms with Gasteiger partial charge in [0.15, 0.2) is 5.96 Å². The van der Waals surface area contributed by atoms with E-state index in [0.29, 0.717) is 19.0 Å².